The van der Waals surface area contributed by atoms with Crippen molar-refractivity contribution in [2.75, 3.05) is 38.2 Å². The molecule has 1 unspecified atom stereocenters. The van der Waals surface area contributed by atoms with Gasteiger partial charge in [-0.25, -0.2) is 14.6 Å². The van der Waals surface area contributed by atoms with Gasteiger partial charge in [0.1, 0.15) is 17.9 Å². The number of anilines is 1. The van der Waals surface area contributed by atoms with E-state index in [1.807, 2.05) is 64.7 Å². The zero-order valence-corrected chi connectivity index (χ0v) is 20.3. The maximum absolute atomic E-state index is 5.38. The summed E-state index contributed by atoms with van der Waals surface area (Å²) in [4.78, 5) is 15.5. The van der Waals surface area contributed by atoms with Gasteiger partial charge in [0, 0.05) is 31.1 Å². The fourth-order valence-corrected chi connectivity index (χ4v) is 5.71. The Balaban J connectivity index is 1.25. The van der Waals surface area contributed by atoms with E-state index in [4.69, 9.17) is 4.74 Å². The maximum atomic E-state index is 5.38. The van der Waals surface area contributed by atoms with Crippen molar-refractivity contribution in [3.05, 3.63) is 95.1 Å². The predicted octanol–water partition coefficient (Wildman–Crippen LogP) is 4.80. The second-order valence-electron chi connectivity index (χ2n) is 8.54. The zero-order valence-electron chi connectivity index (χ0n) is 19.5. The molecule has 0 radical (unpaired) electrons. The van der Waals surface area contributed by atoms with Gasteiger partial charge >= 0.3 is 0 Å². The van der Waals surface area contributed by atoms with Crippen LogP contribution < -0.4 is 9.64 Å². The highest BCUT2D eigenvalue weighted by molar-refractivity contribution is 7.10. The third kappa shape index (κ3) is 4.15. The van der Waals surface area contributed by atoms with E-state index in [9.17, 15) is 0 Å². The molecule has 0 amide bonds. The Morgan fingerprint density at radius 2 is 1.69 bits per heavy atom. The molecule has 0 aliphatic carbocycles. The monoisotopic (exact) mass is 482 g/mol. The van der Waals surface area contributed by atoms with Gasteiger partial charge in [-0.05, 0) is 41.3 Å². The molecule has 1 aliphatic heterocycles. The molecule has 6 rings (SSSR count). The number of para-hydroxylation sites is 1. The van der Waals surface area contributed by atoms with Gasteiger partial charge in [0.2, 0.25) is 0 Å². The van der Waals surface area contributed by atoms with Crippen LogP contribution in [0.5, 0.6) is 5.75 Å². The number of thiophene rings is 1. The molecular formula is C27H26N6OS. The van der Waals surface area contributed by atoms with Crippen molar-refractivity contribution in [2.45, 2.75) is 6.04 Å². The van der Waals surface area contributed by atoms with Crippen molar-refractivity contribution >= 4 is 28.2 Å². The smallest absolute Gasteiger partial charge is 0.168 e. The second kappa shape index (κ2) is 9.48. The van der Waals surface area contributed by atoms with Gasteiger partial charge in [-0.2, -0.15) is 5.10 Å². The molecule has 0 N–H and O–H groups in total. The van der Waals surface area contributed by atoms with Crippen molar-refractivity contribution in [1.29, 1.82) is 0 Å². The molecule has 0 spiro atoms. The summed E-state index contributed by atoms with van der Waals surface area (Å²) in [6.45, 7) is 3.65. The highest BCUT2D eigenvalue weighted by Crippen LogP contribution is 2.34. The number of aromatic nitrogens is 4. The van der Waals surface area contributed by atoms with E-state index < -0.39 is 0 Å². The van der Waals surface area contributed by atoms with Crippen LogP contribution in [0.3, 0.4) is 0 Å². The van der Waals surface area contributed by atoms with Crippen molar-refractivity contribution in [3.63, 3.8) is 0 Å². The Labute approximate surface area is 208 Å². The Hall–Kier alpha value is -3.75. The molecule has 1 atom stereocenters. The highest BCUT2D eigenvalue weighted by Gasteiger charge is 2.28. The molecule has 7 nitrogen and oxygen atoms in total. The molecular weight excluding hydrogens is 456 g/mol. The number of piperazine rings is 1. The molecule has 8 heteroatoms. The lowest BCUT2D eigenvalue weighted by atomic mass is 10.0. The van der Waals surface area contributed by atoms with Crippen LogP contribution in [0.25, 0.3) is 16.7 Å². The van der Waals surface area contributed by atoms with Crippen LogP contribution in [0.15, 0.2) is 84.6 Å². The van der Waals surface area contributed by atoms with Gasteiger partial charge in [0.05, 0.1) is 30.4 Å². The van der Waals surface area contributed by atoms with Crippen molar-refractivity contribution < 1.29 is 4.74 Å². The first kappa shape index (κ1) is 21.8. The van der Waals surface area contributed by atoms with Crippen molar-refractivity contribution in [1.82, 2.24) is 24.6 Å². The van der Waals surface area contributed by atoms with Crippen molar-refractivity contribution in [3.8, 4) is 11.4 Å². The van der Waals surface area contributed by atoms with Gasteiger partial charge < -0.3 is 9.64 Å². The van der Waals surface area contributed by atoms with Gasteiger partial charge in [0.25, 0.3) is 0 Å². The molecule has 4 heterocycles. The van der Waals surface area contributed by atoms with Gasteiger partial charge in [-0.3, -0.25) is 4.90 Å². The number of rotatable bonds is 6. The molecule has 5 aromatic rings. The number of hydrogen-bond acceptors (Lipinski definition) is 7. The topological polar surface area (TPSA) is 59.3 Å². The number of ether oxygens (including phenoxy) is 1. The first-order valence-electron chi connectivity index (χ1n) is 11.7. The van der Waals surface area contributed by atoms with Gasteiger partial charge in [-0.15, -0.1) is 11.3 Å². The normalized spacial score (nSPS) is 15.4. The summed E-state index contributed by atoms with van der Waals surface area (Å²) in [7, 11) is 1.71. The fraction of sp³-hybridized carbons (Fsp3) is 0.222. The van der Waals surface area contributed by atoms with E-state index in [1.165, 1.54) is 10.4 Å². The van der Waals surface area contributed by atoms with Crippen LogP contribution in [0, 0.1) is 0 Å². The van der Waals surface area contributed by atoms with Crippen LogP contribution >= 0.6 is 11.3 Å². The molecule has 0 saturated carbocycles. The third-order valence-corrected chi connectivity index (χ3v) is 7.49. The number of benzene rings is 2. The minimum Gasteiger partial charge on any atom is -0.497 e. The number of hydrogen-bond donors (Lipinski definition) is 0. The van der Waals surface area contributed by atoms with E-state index in [-0.39, 0.29) is 6.04 Å². The Morgan fingerprint density at radius 3 is 2.40 bits per heavy atom. The van der Waals surface area contributed by atoms with Crippen LogP contribution in [0.2, 0.25) is 0 Å². The van der Waals surface area contributed by atoms with E-state index in [0.29, 0.717) is 0 Å². The first-order chi connectivity index (χ1) is 17.3. The Kier molecular flexibility index (Phi) is 5.89. The molecule has 1 saturated heterocycles. The summed E-state index contributed by atoms with van der Waals surface area (Å²) in [5.74, 6) is 1.83. The quantitative estimate of drug-likeness (QED) is 0.347. The molecule has 35 heavy (non-hydrogen) atoms. The second-order valence-corrected chi connectivity index (χ2v) is 9.52. The average Bonchev–Trinajstić information content (AvgIpc) is 3.61. The molecule has 2 aromatic carbocycles. The van der Waals surface area contributed by atoms with Crippen LogP contribution in [-0.4, -0.2) is 57.9 Å². The number of nitrogens with zero attached hydrogens (tertiary/aromatic N) is 6. The van der Waals surface area contributed by atoms with Crippen LogP contribution in [0.1, 0.15) is 16.5 Å². The summed E-state index contributed by atoms with van der Waals surface area (Å²) in [5.41, 5.74) is 3.11. The summed E-state index contributed by atoms with van der Waals surface area (Å²) in [6.07, 6.45) is 3.53. The zero-order chi connectivity index (χ0) is 23.6. The Bertz CT molecular complexity index is 1390. The van der Waals surface area contributed by atoms with Crippen LogP contribution in [-0.2, 0) is 0 Å². The minimum atomic E-state index is 0.231. The molecule has 1 fully saturated rings. The average molecular weight is 483 g/mol. The summed E-state index contributed by atoms with van der Waals surface area (Å²) >= 11 is 1.81. The standard InChI is InChI=1S/C27H26N6OS/c1-34-22-11-9-20(10-12-22)25(24-8-5-17-35-24)31-13-15-32(16-14-31)26-23-18-30-33(27(23)29-19-28-26)21-6-3-2-4-7-21/h2-12,17-19,25H,13-16H2,1H3. The molecule has 176 valence electrons. The molecule has 1 aliphatic rings. The predicted molar refractivity (Wildman–Crippen MR) is 140 cm³/mol. The largest absolute Gasteiger partial charge is 0.497 e. The van der Waals surface area contributed by atoms with Crippen LogP contribution in [0.4, 0.5) is 5.82 Å². The van der Waals surface area contributed by atoms with E-state index in [2.05, 4.69) is 54.5 Å². The lowest BCUT2D eigenvalue weighted by Crippen LogP contribution is -2.48. The van der Waals surface area contributed by atoms with E-state index >= 15 is 0 Å². The number of fused-ring (bicyclic) bond motifs is 1. The van der Waals surface area contributed by atoms with Gasteiger partial charge in [0.15, 0.2) is 5.65 Å². The molecule has 3 aromatic heterocycles. The summed E-state index contributed by atoms with van der Waals surface area (Å²) in [5, 5.41) is 7.76. The van der Waals surface area contributed by atoms with E-state index in [0.717, 1.165) is 54.5 Å². The fourth-order valence-electron chi connectivity index (χ4n) is 4.82. The minimum absolute atomic E-state index is 0.231. The Morgan fingerprint density at radius 1 is 0.886 bits per heavy atom. The molecule has 0 bridgehead atoms. The lowest BCUT2D eigenvalue weighted by molar-refractivity contribution is 0.214. The SMILES string of the molecule is COc1ccc(C(c2cccs2)N2CCN(c3ncnc4c3cnn4-c3ccccc3)CC2)cc1. The van der Waals surface area contributed by atoms with Crippen molar-refractivity contribution in [2.24, 2.45) is 0 Å². The summed E-state index contributed by atoms with van der Waals surface area (Å²) in [6, 6.07) is 23.2. The maximum Gasteiger partial charge on any atom is 0.168 e. The number of methoxy groups -OCH3 is 1. The lowest BCUT2D eigenvalue weighted by Gasteiger charge is -2.39. The first-order valence-corrected chi connectivity index (χ1v) is 12.6. The summed E-state index contributed by atoms with van der Waals surface area (Å²) < 4.78 is 7.26. The highest BCUT2D eigenvalue weighted by atomic mass is 32.1. The van der Waals surface area contributed by atoms with E-state index in [1.54, 1.807) is 13.4 Å². The van der Waals surface area contributed by atoms with Gasteiger partial charge in [-0.1, -0.05) is 36.4 Å². The third-order valence-electron chi connectivity index (χ3n) is 6.57.